The van der Waals surface area contributed by atoms with Crippen molar-refractivity contribution in [3.63, 3.8) is 0 Å². The molecular weight excluding hydrogens is 382 g/mol. The smallest absolute Gasteiger partial charge is 0.256 e. The molecule has 2 aliphatic heterocycles. The highest BCUT2D eigenvalue weighted by Crippen LogP contribution is 2.37. The molecule has 0 bridgehead atoms. The summed E-state index contributed by atoms with van der Waals surface area (Å²) in [5.74, 6) is 0.856. The van der Waals surface area contributed by atoms with Crippen molar-refractivity contribution in [2.24, 2.45) is 0 Å². The van der Waals surface area contributed by atoms with Gasteiger partial charge in [-0.2, -0.15) is 0 Å². The third-order valence-electron chi connectivity index (χ3n) is 5.70. The number of nitrogens with zero attached hydrogens (tertiary/aromatic N) is 2. The van der Waals surface area contributed by atoms with Crippen LogP contribution in [0.25, 0.3) is 22.6 Å². The van der Waals surface area contributed by atoms with Gasteiger partial charge in [-0.05, 0) is 68.2 Å². The van der Waals surface area contributed by atoms with Crippen LogP contribution >= 0.6 is 11.6 Å². The molecule has 4 nitrogen and oxygen atoms in total. The maximum Gasteiger partial charge on any atom is 0.256 e. The van der Waals surface area contributed by atoms with Crippen molar-refractivity contribution in [3.8, 4) is 0 Å². The molecule has 1 saturated heterocycles. The zero-order chi connectivity index (χ0) is 20.0. The highest BCUT2D eigenvalue weighted by atomic mass is 35.5. The fourth-order valence-electron chi connectivity index (χ4n) is 4.21. The van der Waals surface area contributed by atoms with E-state index in [4.69, 9.17) is 16.6 Å². The van der Waals surface area contributed by atoms with Gasteiger partial charge in [0.15, 0.2) is 0 Å². The number of carbonyl (C=O) groups excluding carboxylic acids is 1. The summed E-state index contributed by atoms with van der Waals surface area (Å²) >= 11 is 6.20. The van der Waals surface area contributed by atoms with Gasteiger partial charge in [-0.1, -0.05) is 23.7 Å². The molecule has 0 aliphatic carbocycles. The summed E-state index contributed by atoms with van der Waals surface area (Å²) in [5.41, 5.74) is 5.44. The van der Waals surface area contributed by atoms with Crippen LogP contribution in [-0.2, 0) is 4.79 Å². The summed E-state index contributed by atoms with van der Waals surface area (Å²) in [6, 6.07) is 14.0. The van der Waals surface area contributed by atoms with E-state index in [1.54, 1.807) is 6.07 Å². The molecule has 5 heteroatoms. The molecule has 1 N–H and O–H groups in total. The first kappa shape index (κ1) is 18.2. The average molecular weight is 404 g/mol. The molecule has 0 atom stereocenters. The second-order valence-electron chi connectivity index (χ2n) is 7.85. The predicted octanol–water partition coefficient (Wildman–Crippen LogP) is 5.68. The van der Waals surface area contributed by atoms with Crippen LogP contribution in [0.5, 0.6) is 0 Å². The number of aromatic nitrogens is 1. The molecule has 0 spiro atoms. The van der Waals surface area contributed by atoms with Crippen LogP contribution in [0, 0.1) is 6.92 Å². The van der Waals surface area contributed by atoms with Gasteiger partial charge < -0.3 is 10.2 Å². The van der Waals surface area contributed by atoms with Crippen LogP contribution in [0.4, 0.5) is 11.5 Å². The summed E-state index contributed by atoms with van der Waals surface area (Å²) in [4.78, 5) is 20.1. The number of hydrogen-bond donors (Lipinski definition) is 1. The molecule has 0 radical (unpaired) electrons. The van der Waals surface area contributed by atoms with Gasteiger partial charge in [0, 0.05) is 45.9 Å². The Morgan fingerprint density at radius 1 is 1.07 bits per heavy atom. The number of fused-ring (bicyclic) bond motifs is 2. The van der Waals surface area contributed by atoms with Crippen LogP contribution in [0.1, 0.15) is 36.0 Å². The van der Waals surface area contributed by atoms with Gasteiger partial charge in [0.25, 0.3) is 5.91 Å². The maximum atomic E-state index is 12.7. The van der Waals surface area contributed by atoms with Crippen molar-refractivity contribution >= 4 is 51.6 Å². The zero-order valence-corrected chi connectivity index (χ0v) is 17.1. The van der Waals surface area contributed by atoms with E-state index in [0.717, 1.165) is 46.6 Å². The van der Waals surface area contributed by atoms with Crippen molar-refractivity contribution in [1.82, 2.24) is 4.98 Å². The van der Waals surface area contributed by atoms with Crippen LogP contribution in [0.3, 0.4) is 0 Å². The number of halogens is 1. The van der Waals surface area contributed by atoms with E-state index in [1.807, 2.05) is 18.2 Å². The Morgan fingerprint density at radius 2 is 1.90 bits per heavy atom. The lowest BCUT2D eigenvalue weighted by Crippen LogP contribution is -2.30. The number of carbonyl (C=O) groups is 1. The zero-order valence-electron chi connectivity index (χ0n) is 16.3. The molecule has 146 valence electrons. The van der Waals surface area contributed by atoms with Gasteiger partial charge in [-0.25, -0.2) is 4.98 Å². The largest absolute Gasteiger partial charge is 0.356 e. The SMILES string of the molecule is Cc1ccc2cc(C=C3C(=O)Nc4ccc(Cl)cc43)c(N3CCCCC3)nc2c1. The quantitative estimate of drug-likeness (QED) is 0.560. The molecule has 2 aliphatic rings. The number of aryl methyl sites for hydroxylation is 1. The molecule has 3 aromatic rings. The topological polar surface area (TPSA) is 45.2 Å². The minimum absolute atomic E-state index is 0.101. The Bertz CT molecular complexity index is 1160. The minimum atomic E-state index is -0.101. The molecule has 29 heavy (non-hydrogen) atoms. The van der Waals surface area contributed by atoms with E-state index >= 15 is 0 Å². The summed E-state index contributed by atoms with van der Waals surface area (Å²) in [5, 5.41) is 4.64. The summed E-state index contributed by atoms with van der Waals surface area (Å²) in [6.45, 7) is 4.07. The second-order valence-corrected chi connectivity index (χ2v) is 8.28. The fraction of sp³-hybridized carbons (Fsp3) is 0.250. The minimum Gasteiger partial charge on any atom is -0.356 e. The number of hydrogen-bond acceptors (Lipinski definition) is 3. The van der Waals surface area contributed by atoms with Gasteiger partial charge >= 0.3 is 0 Å². The van der Waals surface area contributed by atoms with E-state index in [2.05, 4.69) is 41.4 Å². The normalized spacial score (nSPS) is 17.7. The molecule has 2 aromatic carbocycles. The predicted molar refractivity (Wildman–Crippen MR) is 120 cm³/mol. The highest BCUT2D eigenvalue weighted by Gasteiger charge is 2.25. The molecule has 3 heterocycles. The van der Waals surface area contributed by atoms with E-state index in [-0.39, 0.29) is 5.91 Å². The number of piperidine rings is 1. The lowest BCUT2D eigenvalue weighted by Gasteiger charge is -2.29. The number of benzene rings is 2. The van der Waals surface area contributed by atoms with E-state index in [1.165, 1.54) is 24.8 Å². The summed E-state index contributed by atoms with van der Waals surface area (Å²) in [6.07, 6.45) is 5.56. The van der Waals surface area contributed by atoms with Gasteiger partial charge in [0.1, 0.15) is 5.82 Å². The number of rotatable bonds is 2. The third kappa shape index (κ3) is 3.38. The first-order chi connectivity index (χ1) is 14.1. The summed E-state index contributed by atoms with van der Waals surface area (Å²) < 4.78 is 0. The Labute approximate surface area is 175 Å². The Balaban J connectivity index is 1.69. The van der Waals surface area contributed by atoms with Crippen LogP contribution < -0.4 is 10.2 Å². The standard InChI is InChI=1S/C24H22ClN3O/c1-15-5-6-16-12-17(23(26-22(16)11-15)28-9-3-2-4-10-28)13-20-19-14-18(25)7-8-21(19)27-24(20)29/h5-8,11-14H,2-4,9-10H2,1H3,(H,27,29). The fourth-order valence-corrected chi connectivity index (χ4v) is 4.38. The lowest BCUT2D eigenvalue weighted by molar-refractivity contribution is -0.110. The number of nitrogens with one attached hydrogen (secondary N) is 1. The van der Waals surface area contributed by atoms with Gasteiger partial charge in [-0.3, -0.25) is 4.79 Å². The van der Waals surface area contributed by atoms with E-state index < -0.39 is 0 Å². The first-order valence-corrected chi connectivity index (χ1v) is 10.5. The van der Waals surface area contributed by atoms with Crippen molar-refractivity contribution in [1.29, 1.82) is 0 Å². The maximum absolute atomic E-state index is 12.7. The van der Waals surface area contributed by atoms with Crippen molar-refractivity contribution < 1.29 is 4.79 Å². The lowest BCUT2D eigenvalue weighted by atomic mass is 10.0. The number of amides is 1. The van der Waals surface area contributed by atoms with Crippen LogP contribution in [0.15, 0.2) is 42.5 Å². The Hall–Kier alpha value is -2.85. The van der Waals surface area contributed by atoms with Crippen LogP contribution in [0.2, 0.25) is 5.02 Å². The number of anilines is 2. The van der Waals surface area contributed by atoms with Gasteiger partial charge in [-0.15, -0.1) is 0 Å². The monoisotopic (exact) mass is 403 g/mol. The molecule has 1 amide bonds. The van der Waals surface area contributed by atoms with Crippen molar-refractivity contribution in [2.45, 2.75) is 26.2 Å². The average Bonchev–Trinajstić information content (AvgIpc) is 3.03. The highest BCUT2D eigenvalue weighted by molar-refractivity contribution is 6.37. The molecule has 5 rings (SSSR count). The van der Waals surface area contributed by atoms with Crippen molar-refractivity contribution in [3.05, 3.63) is 64.2 Å². The molecular formula is C24H22ClN3O. The van der Waals surface area contributed by atoms with Gasteiger partial charge in [0.2, 0.25) is 0 Å². The first-order valence-electron chi connectivity index (χ1n) is 10.1. The molecule has 0 unspecified atom stereocenters. The van der Waals surface area contributed by atoms with E-state index in [0.29, 0.717) is 10.6 Å². The molecule has 0 saturated carbocycles. The summed E-state index contributed by atoms with van der Waals surface area (Å²) in [7, 11) is 0. The molecule has 1 aromatic heterocycles. The Morgan fingerprint density at radius 3 is 2.72 bits per heavy atom. The Kier molecular flexibility index (Phi) is 4.51. The number of pyridine rings is 1. The van der Waals surface area contributed by atoms with Crippen LogP contribution in [-0.4, -0.2) is 24.0 Å². The van der Waals surface area contributed by atoms with Crippen molar-refractivity contribution in [2.75, 3.05) is 23.3 Å². The van der Waals surface area contributed by atoms with E-state index in [9.17, 15) is 4.79 Å². The second kappa shape index (κ2) is 7.20. The molecule has 1 fully saturated rings. The third-order valence-corrected chi connectivity index (χ3v) is 5.94. The van der Waals surface area contributed by atoms with Gasteiger partial charge in [0.05, 0.1) is 5.52 Å².